The second-order valence-electron chi connectivity index (χ2n) is 6.11. The van der Waals surface area contributed by atoms with E-state index in [0.29, 0.717) is 31.9 Å². The molecule has 7 heteroatoms. The quantitative estimate of drug-likeness (QED) is 0.747. The molecule has 0 spiro atoms. The van der Waals surface area contributed by atoms with E-state index in [9.17, 15) is 9.59 Å². The summed E-state index contributed by atoms with van der Waals surface area (Å²) in [5.74, 6) is 0.258. The Kier molecular flexibility index (Phi) is 6.54. The normalized spacial score (nSPS) is 20.2. The van der Waals surface area contributed by atoms with Crippen LogP contribution < -0.4 is 10.1 Å². The maximum atomic E-state index is 12.4. The zero-order valence-corrected chi connectivity index (χ0v) is 14.4. The second kappa shape index (κ2) is 8.63. The number of aromatic nitrogens is 1. The molecule has 0 aromatic carbocycles. The molecule has 1 aliphatic heterocycles. The van der Waals surface area contributed by atoms with E-state index in [2.05, 4.69) is 10.3 Å². The topological polar surface area (TPSA) is 80.8 Å². The summed E-state index contributed by atoms with van der Waals surface area (Å²) in [6.07, 6.45) is 3.53. The van der Waals surface area contributed by atoms with Gasteiger partial charge < -0.3 is 19.7 Å². The van der Waals surface area contributed by atoms with Gasteiger partial charge in [-0.1, -0.05) is 13.8 Å². The van der Waals surface area contributed by atoms with Crippen LogP contribution in [-0.4, -0.2) is 60.7 Å². The third-order valence-electron chi connectivity index (χ3n) is 3.88. The van der Waals surface area contributed by atoms with Crippen LogP contribution in [0.15, 0.2) is 24.5 Å². The number of methoxy groups -OCH3 is 1. The van der Waals surface area contributed by atoms with E-state index in [0.717, 1.165) is 0 Å². The molecule has 1 aromatic rings. The van der Waals surface area contributed by atoms with Crippen molar-refractivity contribution in [2.45, 2.75) is 32.4 Å². The van der Waals surface area contributed by atoms with E-state index < -0.39 is 6.04 Å². The molecule has 1 aliphatic rings. The van der Waals surface area contributed by atoms with Crippen molar-refractivity contribution < 1.29 is 19.1 Å². The Bertz CT molecular complexity index is 550. The standard InChI is InChI=1S/C17H25N3O4/c1-12(2)17(22)20-11-14(24-13-5-4-6-18-10-13)9-15(20)16(21)19-7-8-23-3/h4-6,10,12,14-15H,7-9,11H2,1-3H3,(H,19,21)/t14-,15-/m0/s1. The monoisotopic (exact) mass is 335 g/mol. The molecule has 0 saturated carbocycles. The number of nitrogens with zero attached hydrogens (tertiary/aromatic N) is 2. The largest absolute Gasteiger partial charge is 0.487 e. The van der Waals surface area contributed by atoms with E-state index in [1.165, 1.54) is 0 Å². The number of amides is 2. The van der Waals surface area contributed by atoms with E-state index in [4.69, 9.17) is 9.47 Å². The molecule has 2 amide bonds. The Labute approximate surface area is 142 Å². The number of pyridine rings is 1. The Morgan fingerprint density at radius 2 is 2.25 bits per heavy atom. The summed E-state index contributed by atoms with van der Waals surface area (Å²) in [6, 6.07) is 3.09. The van der Waals surface area contributed by atoms with Crippen LogP contribution in [-0.2, 0) is 14.3 Å². The molecular formula is C17H25N3O4. The highest BCUT2D eigenvalue weighted by atomic mass is 16.5. The SMILES string of the molecule is COCCNC(=O)[C@@H]1C[C@H](Oc2cccnc2)CN1C(=O)C(C)C. The Morgan fingerprint density at radius 3 is 2.88 bits per heavy atom. The molecule has 0 unspecified atom stereocenters. The smallest absolute Gasteiger partial charge is 0.243 e. The van der Waals surface area contributed by atoms with Crippen molar-refractivity contribution in [3.63, 3.8) is 0 Å². The molecule has 0 radical (unpaired) electrons. The lowest BCUT2D eigenvalue weighted by molar-refractivity contribution is -0.140. The summed E-state index contributed by atoms with van der Waals surface area (Å²) in [5.41, 5.74) is 0. The average molecular weight is 335 g/mol. The zero-order chi connectivity index (χ0) is 17.5. The first-order valence-corrected chi connectivity index (χ1v) is 8.16. The summed E-state index contributed by atoms with van der Waals surface area (Å²) in [4.78, 5) is 30.5. The van der Waals surface area contributed by atoms with Gasteiger partial charge in [-0.25, -0.2) is 0 Å². The van der Waals surface area contributed by atoms with Gasteiger partial charge in [-0.3, -0.25) is 14.6 Å². The molecule has 0 aliphatic carbocycles. The molecule has 1 N–H and O–H groups in total. The van der Waals surface area contributed by atoms with Gasteiger partial charge in [0, 0.05) is 32.2 Å². The van der Waals surface area contributed by atoms with E-state index in [-0.39, 0.29) is 23.8 Å². The maximum Gasteiger partial charge on any atom is 0.243 e. The fourth-order valence-electron chi connectivity index (χ4n) is 2.71. The lowest BCUT2D eigenvalue weighted by atomic mass is 10.1. The van der Waals surface area contributed by atoms with Crippen LogP contribution in [0.5, 0.6) is 5.75 Å². The van der Waals surface area contributed by atoms with E-state index in [1.807, 2.05) is 19.9 Å². The number of carbonyl (C=O) groups excluding carboxylic acids is 2. The molecule has 7 nitrogen and oxygen atoms in total. The van der Waals surface area contributed by atoms with Crippen molar-refractivity contribution in [1.29, 1.82) is 0 Å². The lowest BCUT2D eigenvalue weighted by Crippen LogP contribution is -2.47. The fraction of sp³-hybridized carbons (Fsp3) is 0.588. The molecule has 1 aromatic heterocycles. The highest BCUT2D eigenvalue weighted by Crippen LogP contribution is 2.24. The Morgan fingerprint density at radius 1 is 1.46 bits per heavy atom. The van der Waals surface area contributed by atoms with Gasteiger partial charge in [-0.15, -0.1) is 0 Å². The Hall–Kier alpha value is -2.15. The molecule has 1 saturated heterocycles. The van der Waals surface area contributed by atoms with Gasteiger partial charge in [0.05, 0.1) is 19.3 Å². The minimum atomic E-state index is -0.515. The number of hydrogen-bond donors (Lipinski definition) is 1. The third kappa shape index (κ3) is 4.67. The second-order valence-corrected chi connectivity index (χ2v) is 6.11. The van der Waals surface area contributed by atoms with Crippen LogP contribution in [0.3, 0.4) is 0 Å². The first-order chi connectivity index (χ1) is 11.5. The third-order valence-corrected chi connectivity index (χ3v) is 3.88. The minimum Gasteiger partial charge on any atom is -0.487 e. The lowest BCUT2D eigenvalue weighted by Gasteiger charge is -2.25. The number of hydrogen-bond acceptors (Lipinski definition) is 5. The van der Waals surface area contributed by atoms with Crippen LogP contribution in [0, 0.1) is 5.92 Å². The van der Waals surface area contributed by atoms with E-state index in [1.54, 1.807) is 30.5 Å². The van der Waals surface area contributed by atoms with Gasteiger partial charge in [0.2, 0.25) is 11.8 Å². The van der Waals surface area contributed by atoms with Crippen molar-refractivity contribution in [1.82, 2.24) is 15.2 Å². The van der Waals surface area contributed by atoms with Gasteiger partial charge in [0.15, 0.2) is 0 Å². The predicted molar refractivity (Wildman–Crippen MR) is 88.5 cm³/mol. The highest BCUT2D eigenvalue weighted by molar-refractivity contribution is 5.89. The van der Waals surface area contributed by atoms with E-state index >= 15 is 0 Å². The summed E-state index contributed by atoms with van der Waals surface area (Å²) >= 11 is 0. The Balaban J connectivity index is 2.04. The van der Waals surface area contributed by atoms with Crippen molar-refractivity contribution in [3.05, 3.63) is 24.5 Å². The van der Waals surface area contributed by atoms with Gasteiger partial charge in [0.25, 0.3) is 0 Å². The molecule has 2 heterocycles. The number of carbonyl (C=O) groups is 2. The van der Waals surface area contributed by atoms with Gasteiger partial charge in [0.1, 0.15) is 17.9 Å². The van der Waals surface area contributed by atoms with Crippen LogP contribution in [0.25, 0.3) is 0 Å². The van der Waals surface area contributed by atoms with Crippen molar-refractivity contribution in [2.24, 2.45) is 5.92 Å². The number of likely N-dealkylation sites (tertiary alicyclic amines) is 1. The first-order valence-electron chi connectivity index (χ1n) is 8.16. The summed E-state index contributed by atoms with van der Waals surface area (Å²) in [6.45, 7) is 4.92. The molecule has 24 heavy (non-hydrogen) atoms. The van der Waals surface area contributed by atoms with Gasteiger partial charge in [-0.05, 0) is 12.1 Å². The van der Waals surface area contributed by atoms with Crippen molar-refractivity contribution in [2.75, 3.05) is 26.8 Å². The summed E-state index contributed by atoms with van der Waals surface area (Å²) in [7, 11) is 1.58. The summed E-state index contributed by atoms with van der Waals surface area (Å²) < 4.78 is 10.8. The number of nitrogens with one attached hydrogen (secondary N) is 1. The van der Waals surface area contributed by atoms with Gasteiger partial charge in [-0.2, -0.15) is 0 Å². The summed E-state index contributed by atoms with van der Waals surface area (Å²) in [5, 5.41) is 2.81. The van der Waals surface area contributed by atoms with Crippen molar-refractivity contribution in [3.8, 4) is 5.75 Å². The fourth-order valence-corrected chi connectivity index (χ4v) is 2.71. The van der Waals surface area contributed by atoms with Crippen LogP contribution in [0.4, 0.5) is 0 Å². The van der Waals surface area contributed by atoms with Gasteiger partial charge >= 0.3 is 0 Å². The maximum absolute atomic E-state index is 12.4. The van der Waals surface area contributed by atoms with Crippen LogP contribution in [0.2, 0.25) is 0 Å². The molecule has 2 atom stereocenters. The van der Waals surface area contributed by atoms with Crippen LogP contribution in [0.1, 0.15) is 20.3 Å². The minimum absolute atomic E-state index is 0.0424. The molecule has 2 rings (SSSR count). The number of ether oxygens (including phenoxy) is 2. The van der Waals surface area contributed by atoms with Crippen molar-refractivity contribution >= 4 is 11.8 Å². The molecule has 1 fully saturated rings. The van der Waals surface area contributed by atoms with Crippen LogP contribution >= 0.6 is 0 Å². The first kappa shape index (κ1) is 18.2. The predicted octanol–water partition coefficient (Wildman–Crippen LogP) is 0.848. The highest BCUT2D eigenvalue weighted by Gasteiger charge is 2.41. The number of rotatable bonds is 7. The molecular weight excluding hydrogens is 310 g/mol. The zero-order valence-electron chi connectivity index (χ0n) is 14.4. The molecule has 132 valence electrons. The average Bonchev–Trinajstić information content (AvgIpc) is 2.99. The molecule has 0 bridgehead atoms.